The van der Waals surface area contributed by atoms with E-state index >= 15 is 0 Å². The van der Waals surface area contributed by atoms with Gasteiger partial charge in [0.1, 0.15) is 5.60 Å². The van der Waals surface area contributed by atoms with E-state index in [0.717, 1.165) is 13.0 Å². The fraction of sp³-hybridized carbons (Fsp3) is 0.917. The first-order valence-corrected chi connectivity index (χ1v) is 6.16. The lowest BCUT2D eigenvalue weighted by Gasteiger charge is -2.27. The number of ether oxygens (including phenoxy) is 2. The minimum absolute atomic E-state index is 0.0509. The topological polar surface area (TPSA) is 50.8 Å². The second-order valence-corrected chi connectivity index (χ2v) is 5.33. The molecule has 0 aromatic heterocycles. The summed E-state index contributed by atoms with van der Waals surface area (Å²) in [6, 6.07) is 0. The van der Waals surface area contributed by atoms with Crippen LogP contribution in [0.4, 0.5) is 4.79 Å². The summed E-state index contributed by atoms with van der Waals surface area (Å²) in [6.45, 7) is 8.38. The van der Waals surface area contributed by atoms with Crippen molar-refractivity contribution in [3.8, 4) is 0 Å². The lowest BCUT2D eigenvalue weighted by Crippen LogP contribution is -2.42. The Hall–Kier alpha value is -0.810. The maximum absolute atomic E-state index is 11.9. The second-order valence-electron chi connectivity index (χ2n) is 5.33. The highest BCUT2D eigenvalue weighted by atomic mass is 16.6. The van der Waals surface area contributed by atoms with Gasteiger partial charge in [-0.05, 0) is 34.2 Å². The molecule has 1 unspecified atom stereocenters. The monoisotopic (exact) mass is 244 g/mol. The van der Waals surface area contributed by atoms with Crippen LogP contribution in [-0.4, -0.2) is 56.0 Å². The molecule has 1 atom stereocenters. The Morgan fingerprint density at radius 2 is 2.24 bits per heavy atom. The Labute approximate surface area is 103 Å². The quantitative estimate of drug-likeness (QED) is 0.794. The van der Waals surface area contributed by atoms with Crippen LogP contribution in [0.25, 0.3) is 0 Å². The zero-order chi connectivity index (χ0) is 12.9. The van der Waals surface area contributed by atoms with Crippen molar-refractivity contribution >= 4 is 6.09 Å². The van der Waals surface area contributed by atoms with E-state index in [9.17, 15) is 4.79 Å². The molecule has 100 valence electrons. The van der Waals surface area contributed by atoms with E-state index in [1.807, 2.05) is 27.8 Å². The number of carbonyl (C=O) groups excluding carboxylic acids is 1. The highest BCUT2D eigenvalue weighted by Crippen LogP contribution is 2.13. The van der Waals surface area contributed by atoms with Gasteiger partial charge in [-0.1, -0.05) is 0 Å². The number of nitrogens with one attached hydrogen (secondary N) is 1. The minimum atomic E-state index is -0.442. The molecule has 0 radical (unpaired) electrons. The summed E-state index contributed by atoms with van der Waals surface area (Å²) in [5, 5.41) is 3.07. The van der Waals surface area contributed by atoms with Gasteiger partial charge in [0.25, 0.3) is 0 Å². The standard InChI is InChI=1S/C12H24N2O3/c1-12(2,3)17-11(15)14-6-5-7-16-10(9-14)8-13-4/h10,13H,5-9H2,1-4H3. The van der Waals surface area contributed by atoms with Gasteiger partial charge in [-0.25, -0.2) is 4.79 Å². The van der Waals surface area contributed by atoms with Crippen LogP contribution < -0.4 is 5.32 Å². The van der Waals surface area contributed by atoms with Crippen LogP contribution >= 0.6 is 0 Å². The molecule has 1 N–H and O–H groups in total. The van der Waals surface area contributed by atoms with Crippen molar-refractivity contribution < 1.29 is 14.3 Å². The Balaban J connectivity index is 2.53. The molecule has 1 fully saturated rings. The Kier molecular flexibility index (Phi) is 5.21. The van der Waals surface area contributed by atoms with E-state index in [2.05, 4.69) is 5.32 Å². The predicted octanol–water partition coefficient (Wildman–Crippen LogP) is 1.23. The van der Waals surface area contributed by atoms with Gasteiger partial charge in [0, 0.05) is 19.7 Å². The summed E-state index contributed by atoms with van der Waals surface area (Å²) < 4.78 is 11.0. The predicted molar refractivity (Wildman–Crippen MR) is 66.1 cm³/mol. The first-order valence-electron chi connectivity index (χ1n) is 6.16. The summed E-state index contributed by atoms with van der Waals surface area (Å²) in [5.41, 5.74) is -0.442. The van der Waals surface area contributed by atoms with E-state index in [1.165, 1.54) is 0 Å². The van der Waals surface area contributed by atoms with Crippen LogP contribution in [0.3, 0.4) is 0 Å². The van der Waals surface area contributed by atoms with E-state index in [0.29, 0.717) is 19.7 Å². The third-order valence-corrected chi connectivity index (χ3v) is 2.43. The Bertz CT molecular complexity index is 251. The zero-order valence-electron chi connectivity index (χ0n) is 11.3. The van der Waals surface area contributed by atoms with Crippen molar-refractivity contribution in [1.29, 1.82) is 0 Å². The molecule has 0 saturated carbocycles. The van der Waals surface area contributed by atoms with Crippen LogP contribution in [0.2, 0.25) is 0 Å². The summed E-state index contributed by atoms with van der Waals surface area (Å²) in [6.07, 6.45) is 0.665. The fourth-order valence-corrected chi connectivity index (χ4v) is 1.74. The van der Waals surface area contributed by atoms with Gasteiger partial charge >= 0.3 is 6.09 Å². The van der Waals surface area contributed by atoms with Gasteiger partial charge in [-0.2, -0.15) is 0 Å². The fourth-order valence-electron chi connectivity index (χ4n) is 1.74. The molecule has 0 aromatic carbocycles. The van der Waals surface area contributed by atoms with Gasteiger partial charge in [-0.15, -0.1) is 0 Å². The molecule has 0 bridgehead atoms. The summed E-state index contributed by atoms with van der Waals surface area (Å²) in [4.78, 5) is 13.7. The average Bonchev–Trinajstić information content (AvgIpc) is 2.41. The second kappa shape index (κ2) is 6.21. The average molecular weight is 244 g/mol. The lowest BCUT2D eigenvalue weighted by atomic mass is 10.2. The molecule has 5 nitrogen and oxygen atoms in total. The van der Waals surface area contributed by atoms with Crippen LogP contribution in [0.15, 0.2) is 0 Å². The van der Waals surface area contributed by atoms with Crippen molar-refractivity contribution in [3.63, 3.8) is 0 Å². The van der Waals surface area contributed by atoms with E-state index in [-0.39, 0.29) is 12.2 Å². The van der Waals surface area contributed by atoms with E-state index < -0.39 is 5.60 Å². The third kappa shape index (κ3) is 5.37. The number of rotatable bonds is 2. The first-order chi connectivity index (χ1) is 7.92. The largest absolute Gasteiger partial charge is 0.444 e. The Morgan fingerprint density at radius 1 is 1.53 bits per heavy atom. The van der Waals surface area contributed by atoms with Gasteiger partial charge in [0.05, 0.1) is 12.6 Å². The van der Waals surface area contributed by atoms with Crippen molar-refractivity contribution in [2.45, 2.75) is 38.9 Å². The molecule has 1 aliphatic heterocycles. The summed E-state index contributed by atoms with van der Waals surface area (Å²) in [7, 11) is 1.88. The number of hydrogen-bond acceptors (Lipinski definition) is 4. The summed E-state index contributed by atoms with van der Waals surface area (Å²) >= 11 is 0. The smallest absolute Gasteiger partial charge is 0.410 e. The normalized spacial score (nSPS) is 22.1. The third-order valence-electron chi connectivity index (χ3n) is 2.43. The molecule has 1 rings (SSSR count). The lowest BCUT2D eigenvalue weighted by molar-refractivity contribution is 0.0148. The SMILES string of the molecule is CNCC1CN(C(=O)OC(C)(C)C)CCCO1. The number of hydrogen-bond donors (Lipinski definition) is 1. The molecule has 1 heterocycles. The molecule has 5 heteroatoms. The molecule has 17 heavy (non-hydrogen) atoms. The van der Waals surface area contributed by atoms with Gasteiger partial charge in [-0.3, -0.25) is 0 Å². The van der Waals surface area contributed by atoms with Crippen molar-refractivity contribution in [2.75, 3.05) is 33.3 Å². The van der Waals surface area contributed by atoms with Crippen LogP contribution in [0, 0.1) is 0 Å². The van der Waals surface area contributed by atoms with Crippen LogP contribution in [-0.2, 0) is 9.47 Å². The molecular weight excluding hydrogens is 220 g/mol. The van der Waals surface area contributed by atoms with E-state index in [4.69, 9.17) is 9.47 Å². The van der Waals surface area contributed by atoms with Gasteiger partial charge in [0.2, 0.25) is 0 Å². The minimum Gasteiger partial charge on any atom is -0.444 e. The van der Waals surface area contributed by atoms with Crippen molar-refractivity contribution in [1.82, 2.24) is 10.2 Å². The van der Waals surface area contributed by atoms with E-state index in [1.54, 1.807) is 4.90 Å². The molecule has 0 aliphatic carbocycles. The number of nitrogens with zero attached hydrogens (tertiary/aromatic N) is 1. The number of amides is 1. The maximum atomic E-state index is 11.9. The van der Waals surface area contributed by atoms with Gasteiger partial charge < -0.3 is 19.7 Å². The summed E-state index contributed by atoms with van der Waals surface area (Å²) in [5.74, 6) is 0. The van der Waals surface area contributed by atoms with Crippen molar-refractivity contribution in [2.24, 2.45) is 0 Å². The highest BCUT2D eigenvalue weighted by molar-refractivity contribution is 5.68. The maximum Gasteiger partial charge on any atom is 0.410 e. The van der Waals surface area contributed by atoms with Crippen LogP contribution in [0.5, 0.6) is 0 Å². The van der Waals surface area contributed by atoms with Crippen molar-refractivity contribution in [3.05, 3.63) is 0 Å². The molecule has 1 aliphatic rings. The molecule has 1 saturated heterocycles. The zero-order valence-corrected chi connectivity index (χ0v) is 11.3. The molecule has 0 aromatic rings. The number of likely N-dealkylation sites (N-methyl/N-ethyl adjacent to an activating group) is 1. The molecular formula is C12H24N2O3. The highest BCUT2D eigenvalue weighted by Gasteiger charge is 2.26. The van der Waals surface area contributed by atoms with Gasteiger partial charge in [0.15, 0.2) is 0 Å². The molecule has 1 amide bonds. The molecule has 0 spiro atoms. The number of carbonyl (C=O) groups is 1. The first kappa shape index (κ1) is 14.3. The Morgan fingerprint density at radius 3 is 2.82 bits per heavy atom. The van der Waals surface area contributed by atoms with Crippen LogP contribution in [0.1, 0.15) is 27.2 Å².